The van der Waals surface area contributed by atoms with Crippen molar-refractivity contribution in [3.05, 3.63) is 224 Å². The highest BCUT2D eigenvalue weighted by atomic mass is 15.0. The van der Waals surface area contributed by atoms with Crippen molar-refractivity contribution in [2.75, 3.05) is 0 Å². The van der Waals surface area contributed by atoms with Gasteiger partial charge in [0.2, 0.25) is 0 Å². The summed E-state index contributed by atoms with van der Waals surface area (Å²) in [6.07, 6.45) is 0. The second kappa shape index (κ2) is 14.7. The summed E-state index contributed by atoms with van der Waals surface area (Å²) in [5.41, 5.74) is 9.71. The van der Waals surface area contributed by atoms with E-state index in [2.05, 4.69) is 59.2 Å². The smallest absolute Gasteiger partial charge is 0.164 e. The molecule has 0 bridgehead atoms. The first-order chi connectivity index (χ1) is 34.1. The van der Waals surface area contributed by atoms with E-state index in [1.165, 1.54) is 0 Å². The lowest BCUT2D eigenvalue weighted by atomic mass is 10.0. The van der Waals surface area contributed by atoms with E-state index >= 15 is 0 Å². The molecule has 0 radical (unpaired) electrons. The standard InChI is InChI=1S/C57H37N5/c1-4-16-38(17-5-1)39-28-30-42(31-29-39)56-58-55(41-20-8-3-9-21-41)59-57(60-56)43-32-34-45(40-18-6-2-7-19-40)54(36-43)62-52-27-15-12-24-48(52)49-37-44(33-35-53(49)62)61-50-25-13-10-22-46(50)47-23-11-14-26-51(47)61/h1-37H/i10D,11D,13D,14D,22D,23D,25D,26D. The Kier molecular flexibility index (Phi) is 6.67. The van der Waals surface area contributed by atoms with Gasteiger partial charge in [0, 0.05) is 49.5 Å². The molecule has 12 rings (SSSR count). The van der Waals surface area contributed by atoms with Crippen molar-refractivity contribution < 1.29 is 11.0 Å². The quantitative estimate of drug-likeness (QED) is 0.161. The molecule has 0 atom stereocenters. The predicted octanol–water partition coefficient (Wildman–Crippen LogP) is 14.4. The highest BCUT2D eigenvalue weighted by Gasteiger charge is 2.20. The Labute approximate surface area is 369 Å². The van der Waals surface area contributed by atoms with Crippen molar-refractivity contribution in [2.45, 2.75) is 0 Å². The SMILES string of the molecule is [2H]c1c([2H])c([2H])c2c(c1[2H])c1c([2H])c([2H])c([2H])c([2H])c1n2-c1ccc2c(c1)c1ccccc1n2-c1cc(-c2nc(-c3ccccc3)nc(-c3ccc(-c4ccccc4)cc3)n2)ccc1-c1ccccc1. The zero-order valence-corrected chi connectivity index (χ0v) is 33.0. The van der Waals surface area contributed by atoms with Gasteiger partial charge in [0.05, 0.1) is 38.7 Å². The van der Waals surface area contributed by atoms with Crippen molar-refractivity contribution in [2.24, 2.45) is 0 Å². The zero-order valence-electron chi connectivity index (χ0n) is 41.0. The first-order valence-corrected chi connectivity index (χ1v) is 20.3. The Bertz CT molecular complexity index is 4000. The molecule has 0 aliphatic rings. The Morgan fingerprint density at radius 3 is 1.47 bits per heavy atom. The van der Waals surface area contributed by atoms with Crippen LogP contribution in [0.1, 0.15) is 11.0 Å². The molecule has 0 aliphatic carbocycles. The third-order valence-corrected chi connectivity index (χ3v) is 11.4. The number of para-hydroxylation sites is 3. The molecule has 0 aliphatic heterocycles. The number of aromatic nitrogens is 5. The predicted molar refractivity (Wildman–Crippen MR) is 256 cm³/mol. The lowest BCUT2D eigenvalue weighted by molar-refractivity contribution is 1.07. The lowest BCUT2D eigenvalue weighted by Crippen LogP contribution is -2.02. The van der Waals surface area contributed by atoms with Crippen LogP contribution in [0, 0.1) is 0 Å². The van der Waals surface area contributed by atoms with Gasteiger partial charge in [-0.05, 0) is 59.1 Å². The fourth-order valence-corrected chi connectivity index (χ4v) is 8.55. The third-order valence-electron chi connectivity index (χ3n) is 11.4. The Morgan fingerprint density at radius 2 is 0.806 bits per heavy atom. The molecule has 5 nitrogen and oxygen atoms in total. The van der Waals surface area contributed by atoms with E-state index in [-0.39, 0.29) is 46.0 Å². The molecule has 0 fully saturated rings. The number of rotatable bonds is 7. The monoisotopic (exact) mass is 799 g/mol. The van der Waals surface area contributed by atoms with Crippen LogP contribution in [0.2, 0.25) is 0 Å². The normalized spacial score (nSPS) is 13.4. The van der Waals surface area contributed by atoms with E-state index in [0.717, 1.165) is 66.4 Å². The van der Waals surface area contributed by atoms with E-state index in [1.807, 2.05) is 121 Å². The van der Waals surface area contributed by atoms with Gasteiger partial charge in [-0.25, -0.2) is 15.0 Å². The largest absolute Gasteiger partial charge is 0.309 e. The fraction of sp³-hybridized carbons (Fsp3) is 0. The Balaban J connectivity index is 1.10. The van der Waals surface area contributed by atoms with Crippen LogP contribution in [0.3, 0.4) is 0 Å². The van der Waals surface area contributed by atoms with Crippen LogP contribution >= 0.6 is 0 Å². The van der Waals surface area contributed by atoms with Crippen LogP contribution in [0.5, 0.6) is 0 Å². The maximum atomic E-state index is 9.12. The minimum atomic E-state index is -0.485. The molecule has 0 saturated heterocycles. The minimum Gasteiger partial charge on any atom is -0.309 e. The fourth-order valence-electron chi connectivity index (χ4n) is 8.55. The molecule has 5 heteroatoms. The molecule has 9 aromatic carbocycles. The van der Waals surface area contributed by atoms with Crippen molar-refractivity contribution in [1.29, 1.82) is 0 Å². The summed E-state index contributed by atoms with van der Waals surface area (Å²) in [7, 11) is 0. The molecule has 12 aromatic rings. The summed E-state index contributed by atoms with van der Waals surface area (Å²) in [4.78, 5) is 15.3. The number of nitrogens with zero attached hydrogens (tertiary/aromatic N) is 5. The van der Waals surface area contributed by atoms with Crippen LogP contribution < -0.4 is 0 Å². The van der Waals surface area contributed by atoms with Crippen molar-refractivity contribution >= 4 is 43.6 Å². The highest BCUT2D eigenvalue weighted by molar-refractivity contribution is 6.12. The molecule has 0 N–H and O–H groups in total. The summed E-state index contributed by atoms with van der Waals surface area (Å²) >= 11 is 0. The molecule has 3 heterocycles. The van der Waals surface area contributed by atoms with Gasteiger partial charge in [0.1, 0.15) is 0 Å². The molecule has 62 heavy (non-hydrogen) atoms. The van der Waals surface area contributed by atoms with Gasteiger partial charge in [-0.2, -0.15) is 0 Å². The van der Waals surface area contributed by atoms with Crippen molar-refractivity contribution in [3.63, 3.8) is 0 Å². The van der Waals surface area contributed by atoms with Crippen molar-refractivity contribution in [3.8, 4) is 67.8 Å². The summed E-state index contributed by atoms with van der Waals surface area (Å²) < 4.78 is 74.3. The van der Waals surface area contributed by atoms with E-state index in [4.69, 9.17) is 25.9 Å². The second-order valence-corrected chi connectivity index (χ2v) is 15.1. The van der Waals surface area contributed by atoms with E-state index in [0.29, 0.717) is 23.2 Å². The maximum Gasteiger partial charge on any atom is 0.164 e. The van der Waals surface area contributed by atoms with E-state index < -0.39 is 24.2 Å². The molecular formula is C57H37N5. The number of hydrogen-bond acceptors (Lipinski definition) is 3. The summed E-state index contributed by atoms with van der Waals surface area (Å²) in [6.45, 7) is 0. The van der Waals surface area contributed by atoms with Gasteiger partial charge >= 0.3 is 0 Å². The van der Waals surface area contributed by atoms with Crippen LogP contribution in [0.15, 0.2) is 224 Å². The minimum absolute atomic E-state index is 0.0287. The summed E-state index contributed by atoms with van der Waals surface area (Å²) in [5.74, 6) is 1.55. The molecule has 0 saturated carbocycles. The topological polar surface area (TPSA) is 48.5 Å². The molecule has 3 aromatic heterocycles. The average molecular weight is 800 g/mol. The van der Waals surface area contributed by atoms with E-state index in [1.54, 1.807) is 4.57 Å². The van der Waals surface area contributed by atoms with Gasteiger partial charge in [-0.3, -0.25) is 0 Å². The molecule has 0 unspecified atom stereocenters. The van der Waals surface area contributed by atoms with Gasteiger partial charge in [-0.1, -0.05) is 182 Å². The first-order valence-electron chi connectivity index (χ1n) is 24.3. The molecule has 290 valence electrons. The Morgan fingerprint density at radius 1 is 0.323 bits per heavy atom. The number of fused-ring (bicyclic) bond motifs is 6. The number of hydrogen-bond donors (Lipinski definition) is 0. The van der Waals surface area contributed by atoms with Gasteiger partial charge < -0.3 is 9.13 Å². The zero-order chi connectivity index (χ0) is 47.9. The van der Waals surface area contributed by atoms with Crippen LogP contribution in [0.4, 0.5) is 0 Å². The Hall–Kier alpha value is -8.41. The molecule has 0 amide bonds. The maximum absolute atomic E-state index is 9.12. The van der Waals surface area contributed by atoms with Gasteiger partial charge in [0.25, 0.3) is 0 Å². The first kappa shape index (κ1) is 28.1. The lowest BCUT2D eigenvalue weighted by Gasteiger charge is -2.16. The highest BCUT2D eigenvalue weighted by Crippen LogP contribution is 2.40. The van der Waals surface area contributed by atoms with Crippen molar-refractivity contribution in [1.82, 2.24) is 24.1 Å². The average Bonchev–Trinajstić information content (AvgIpc) is 3.95. The second-order valence-electron chi connectivity index (χ2n) is 15.1. The third kappa shape index (κ3) is 5.98. The summed E-state index contributed by atoms with van der Waals surface area (Å²) in [6, 6.07) is 55.1. The van der Waals surface area contributed by atoms with Gasteiger partial charge in [-0.15, -0.1) is 0 Å². The van der Waals surface area contributed by atoms with Gasteiger partial charge in [0.15, 0.2) is 17.5 Å². The van der Waals surface area contributed by atoms with E-state index in [9.17, 15) is 0 Å². The summed E-state index contributed by atoms with van der Waals surface area (Å²) in [5, 5.41) is 1.75. The number of benzene rings is 9. The van der Waals surface area contributed by atoms with Crippen LogP contribution in [0.25, 0.3) is 111 Å². The molecular weight excluding hydrogens is 755 g/mol. The van der Waals surface area contributed by atoms with Crippen LogP contribution in [-0.4, -0.2) is 24.1 Å². The molecule has 0 spiro atoms. The van der Waals surface area contributed by atoms with Crippen LogP contribution in [-0.2, 0) is 0 Å².